The molecule has 1 aromatic rings. The minimum absolute atomic E-state index is 0.152. The summed E-state index contributed by atoms with van der Waals surface area (Å²) >= 11 is 0. The van der Waals surface area contributed by atoms with E-state index in [9.17, 15) is 4.79 Å². The molecule has 0 unspecified atom stereocenters. The summed E-state index contributed by atoms with van der Waals surface area (Å²) in [6.45, 7) is 1.14. The normalized spacial score (nSPS) is 19.2. The Morgan fingerprint density at radius 2 is 2.16 bits per heavy atom. The molecule has 2 aliphatic rings. The number of ether oxygens (including phenoxy) is 1. The van der Waals surface area contributed by atoms with Crippen LogP contribution in [0.25, 0.3) is 0 Å². The summed E-state index contributed by atoms with van der Waals surface area (Å²) in [5.41, 5.74) is 8.70. The molecule has 1 aliphatic heterocycles. The SMILES string of the molecule is Nc1ccc2c(c1)CCCC(=O)N2COCC1CC1. The summed E-state index contributed by atoms with van der Waals surface area (Å²) in [4.78, 5) is 13.9. The van der Waals surface area contributed by atoms with Crippen LogP contribution >= 0.6 is 0 Å². The van der Waals surface area contributed by atoms with Crippen LogP contribution in [0.4, 0.5) is 11.4 Å². The summed E-state index contributed by atoms with van der Waals surface area (Å²) in [6.07, 6.45) is 4.91. The number of nitrogens with two attached hydrogens (primary N) is 1. The molecular weight excluding hydrogens is 240 g/mol. The van der Waals surface area contributed by atoms with Gasteiger partial charge >= 0.3 is 0 Å². The van der Waals surface area contributed by atoms with Gasteiger partial charge in [0, 0.05) is 17.8 Å². The molecule has 19 heavy (non-hydrogen) atoms. The number of carbonyl (C=O) groups excluding carboxylic acids is 1. The minimum Gasteiger partial charge on any atom is -0.399 e. The van der Waals surface area contributed by atoms with Gasteiger partial charge in [-0.05, 0) is 55.4 Å². The number of fused-ring (bicyclic) bond motifs is 1. The smallest absolute Gasteiger partial charge is 0.228 e. The van der Waals surface area contributed by atoms with Gasteiger partial charge in [0.2, 0.25) is 5.91 Å². The van der Waals surface area contributed by atoms with Crippen LogP contribution in [0.3, 0.4) is 0 Å². The summed E-state index contributed by atoms with van der Waals surface area (Å²) < 4.78 is 5.68. The molecular formula is C15H20N2O2. The minimum atomic E-state index is 0.152. The van der Waals surface area contributed by atoms with E-state index >= 15 is 0 Å². The average Bonchev–Trinajstić information content (AvgIpc) is 3.20. The van der Waals surface area contributed by atoms with Crippen LogP contribution in [-0.4, -0.2) is 19.2 Å². The van der Waals surface area contributed by atoms with Gasteiger partial charge in [0.15, 0.2) is 0 Å². The number of hydrogen-bond donors (Lipinski definition) is 1. The zero-order valence-corrected chi connectivity index (χ0v) is 11.1. The van der Waals surface area contributed by atoms with E-state index in [1.165, 1.54) is 12.8 Å². The molecule has 2 N–H and O–H groups in total. The number of anilines is 2. The molecule has 4 heteroatoms. The molecule has 1 fully saturated rings. The van der Waals surface area contributed by atoms with Crippen molar-refractivity contribution < 1.29 is 9.53 Å². The van der Waals surface area contributed by atoms with E-state index in [0.717, 1.165) is 36.4 Å². The van der Waals surface area contributed by atoms with Crippen molar-refractivity contribution in [3.05, 3.63) is 23.8 Å². The highest BCUT2D eigenvalue weighted by molar-refractivity contribution is 5.94. The third-order valence-electron chi connectivity index (χ3n) is 3.80. The quantitative estimate of drug-likeness (QED) is 0.845. The first kappa shape index (κ1) is 12.5. The first-order valence-electron chi connectivity index (χ1n) is 7.00. The monoisotopic (exact) mass is 260 g/mol. The number of hydrogen-bond acceptors (Lipinski definition) is 3. The number of nitrogen functional groups attached to an aromatic ring is 1. The Morgan fingerprint density at radius 3 is 2.95 bits per heavy atom. The molecule has 1 aliphatic carbocycles. The molecule has 0 radical (unpaired) electrons. The molecule has 3 rings (SSSR count). The van der Waals surface area contributed by atoms with Crippen LogP contribution in [0.15, 0.2) is 18.2 Å². The molecule has 0 atom stereocenters. The van der Waals surface area contributed by atoms with Crippen molar-refractivity contribution in [1.29, 1.82) is 0 Å². The lowest BCUT2D eigenvalue weighted by Gasteiger charge is -2.23. The third-order valence-corrected chi connectivity index (χ3v) is 3.80. The highest BCUT2D eigenvalue weighted by Gasteiger charge is 2.25. The number of carbonyl (C=O) groups is 1. The van der Waals surface area contributed by atoms with Crippen LogP contribution in [0.1, 0.15) is 31.2 Å². The second kappa shape index (κ2) is 5.21. The molecule has 4 nitrogen and oxygen atoms in total. The Bertz CT molecular complexity index is 483. The Hall–Kier alpha value is -1.55. The van der Waals surface area contributed by atoms with E-state index in [1.54, 1.807) is 4.90 Å². The standard InChI is InChI=1S/C15H20N2O2/c16-13-6-7-14-12(8-13)2-1-3-15(18)17(14)10-19-9-11-4-5-11/h6-8,11H,1-5,9-10,16H2. The predicted octanol–water partition coefficient (Wildman–Crippen LogP) is 2.32. The molecule has 1 saturated carbocycles. The van der Waals surface area contributed by atoms with Gasteiger partial charge in [-0.3, -0.25) is 9.69 Å². The molecule has 102 valence electrons. The second-order valence-corrected chi connectivity index (χ2v) is 5.51. The Kier molecular flexibility index (Phi) is 3.42. The van der Waals surface area contributed by atoms with Crippen molar-refractivity contribution in [3.63, 3.8) is 0 Å². The van der Waals surface area contributed by atoms with Crippen LogP contribution in [-0.2, 0) is 16.0 Å². The van der Waals surface area contributed by atoms with Crippen molar-refractivity contribution >= 4 is 17.3 Å². The van der Waals surface area contributed by atoms with Crippen molar-refractivity contribution in [2.24, 2.45) is 5.92 Å². The van der Waals surface area contributed by atoms with E-state index in [-0.39, 0.29) is 5.91 Å². The Balaban J connectivity index is 1.77. The maximum absolute atomic E-state index is 12.2. The van der Waals surface area contributed by atoms with Gasteiger partial charge in [-0.2, -0.15) is 0 Å². The fourth-order valence-electron chi connectivity index (χ4n) is 2.51. The molecule has 0 bridgehead atoms. The van der Waals surface area contributed by atoms with Crippen LogP contribution in [0.2, 0.25) is 0 Å². The number of rotatable bonds is 4. The number of amides is 1. The molecule has 0 spiro atoms. The van der Waals surface area contributed by atoms with Gasteiger partial charge in [0.05, 0.1) is 6.61 Å². The van der Waals surface area contributed by atoms with Crippen molar-refractivity contribution in [3.8, 4) is 0 Å². The topological polar surface area (TPSA) is 55.6 Å². The number of aryl methyl sites for hydroxylation is 1. The van der Waals surface area contributed by atoms with E-state index in [1.807, 2.05) is 18.2 Å². The van der Waals surface area contributed by atoms with Crippen molar-refractivity contribution in [2.75, 3.05) is 24.0 Å². The summed E-state index contributed by atoms with van der Waals surface area (Å²) in [5.74, 6) is 0.868. The maximum Gasteiger partial charge on any atom is 0.228 e. The van der Waals surface area contributed by atoms with Gasteiger partial charge in [-0.25, -0.2) is 0 Å². The lowest BCUT2D eigenvalue weighted by molar-refractivity contribution is -0.119. The Morgan fingerprint density at radius 1 is 1.32 bits per heavy atom. The molecule has 1 heterocycles. The van der Waals surface area contributed by atoms with Gasteiger partial charge in [-0.15, -0.1) is 0 Å². The Labute approximate surface area is 113 Å². The summed E-state index contributed by atoms with van der Waals surface area (Å²) in [6, 6.07) is 5.77. The fourth-order valence-corrected chi connectivity index (χ4v) is 2.51. The van der Waals surface area contributed by atoms with Crippen LogP contribution < -0.4 is 10.6 Å². The number of nitrogens with zero attached hydrogens (tertiary/aromatic N) is 1. The molecule has 0 saturated heterocycles. The molecule has 1 aromatic carbocycles. The maximum atomic E-state index is 12.2. The summed E-state index contributed by atoms with van der Waals surface area (Å²) in [5, 5.41) is 0. The van der Waals surface area contributed by atoms with E-state index < -0.39 is 0 Å². The third kappa shape index (κ3) is 2.89. The second-order valence-electron chi connectivity index (χ2n) is 5.51. The number of benzene rings is 1. The zero-order chi connectivity index (χ0) is 13.2. The first-order valence-corrected chi connectivity index (χ1v) is 7.00. The zero-order valence-electron chi connectivity index (χ0n) is 11.1. The van der Waals surface area contributed by atoms with E-state index in [4.69, 9.17) is 10.5 Å². The summed E-state index contributed by atoms with van der Waals surface area (Å²) in [7, 11) is 0. The fraction of sp³-hybridized carbons (Fsp3) is 0.533. The lowest BCUT2D eigenvalue weighted by atomic mass is 10.1. The van der Waals surface area contributed by atoms with Crippen molar-refractivity contribution in [1.82, 2.24) is 0 Å². The van der Waals surface area contributed by atoms with Crippen LogP contribution in [0.5, 0.6) is 0 Å². The predicted molar refractivity (Wildman–Crippen MR) is 74.8 cm³/mol. The molecule has 1 amide bonds. The highest BCUT2D eigenvalue weighted by Crippen LogP contribution is 2.31. The lowest BCUT2D eigenvalue weighted by Crippen LogP contribution is -2.32. The van der Waals surface area contributed by atoms with Gasteiger partial charge in [0.25, 0.3) is 0 Å². The van der Waals surface area contributed by atoms with Gasteiger partial charge in [-0.1, -0.05) is 0 Å². The van der Waals surface area contributed by atoms with Gasteiger partial charge < -0.3 is 10.5 Å². The average molecular weight is 260 g/mol. The van der Waals surface area contributed by atoms with Crippen molar-refractivity contribution in [2.45, 2.75) is 32.1 Å². The highest BCUT2D eigenvalue weighted by atomic mass is 16.5. The van der Waals surface area contributed by atoms with E-state index in [2.05, 4.69) is 0 Å². The largest absolute Gasteiger partial charge is 0.399 e. The van der Waals surface area contributed by atoms with Crippen LogP contribution in [0, 0.1) is 5.92 Å². The van der Waals surface area contributed by atoms with E-state index in [0.29, 0.717) is 19.1 Å². The molecule has 0 aromatic heterocycles. The van der Waals surface area contributed by atoms with Gasteiger partial charge in [0.1, 0.15) is 6.73 Å². The first-order chi connectivity index (χ1) is 9.24.